The van der Waals surface area contributed by atoms with Crippen molar-refractivity contribution in [3.05, 3.63) is 48.3 Å². The van der Waals surface area contributed by atoms with E-state index in [1.807, 2.05) is 24.8 Å². The van der Waals surface area contributed by atoms with E-state index in [1.54, 1.807) is 0 Å². The van der Waals surface area contributed by atoms with Gasteiger partial charge < -0.3 is 9.30 Å². The van der Waals surface area contributed by atoms with Crippen molar-refractivity contribution in [2.45, 2.75) is 37.6 Å². The third kappa shape index (κ3) is 3.61. The van der Waals surface area contributed by atoms with Gasteiger partial charge in [0.05, 0.1) is 29.9 Å². The molecule has 0 radical (unpaired) electrons. The van der Waals surface area contributed by atoms with Crippen LogP contribution in [0.15, 0.2) is 36.9 Å². The first-order valence-corrected chi connectivity index (χ1v) is 9.05. The van der Waals surface area contributed by atoms with Gasteiger partial charge in [0.2, 0.25) is 0 Å². The van der Waals surface area contributed by atoms with Crippen molar-refractivity contribution >= 4 is 0 Å². The van der Waals surface area contributed by atoms with Gasteiger partial charge in [0.1, 0.15) is 0 Å². The SMILES string of the molecule is CN(Cc1ccccn1)[C@H]1CO[C@@]2(CCN(Cc3cncn3C)C2)C1. The zero-order chi connectivity index (χ0) is 17.3. The minimum atomic E-state index is 0.0294. The molecule has 0 aromatic carbocycles. The Morgan fingerprint density at radius 1 is 1.40 bits per heavy atom. The fraction of sp³-hybridized carbons (Fsp3) is 0.579. The van der Waals surface area contributed by atoms with Crippen molar-refractivity contribution in [3.8, 4) is 0 Å². The number of likely N-dealkylation sites (N-methyl/N-ethyl adjacent to an activating group) is 1. The van der Waals surface area contributed by atoms with E-state index in [4.69, 9.17) is 4.74 Å². The number of aromatic nitrogens is 3. The average Bonchev–Trinajstić information content (AvgIpc) is 3.32. The molecule has 0 amide bonds. The van der Waals surface area contributed by atoms with Gasteiger partial charge in [0.15, 0.2) is 0 Å². The zero-order valence-corrected chi connectivity index (χ0v) is 15.1. The molecule has 0 aliphatic carbocycles. The van der Waals surface area contributed by atoms with Gasteiger partial charge in [-0.15, -0.1) is 0 Å². The summed E-state index contributed by atoms with van der Waals surface area (Å²) >= 11 is 0. The van der Waals surface area contributed by atoms with Crippen molar-refractivity contribution in [1.29, 1.82) is 0 Å². The van der Waals surface area contributed by atoms with Crippen molar-refractivity contribution < 1.29 is 4.74 Å². The van der Waals surface area contributed by atoms with Gasteiger partial charge in [-0.3, -0.25) is 14.8 Å². The molecule has 2 fully saturated rings. The van der Waals surface area contributed by atoms with Crippen molar-refractivity contribution in [3.63, 3.8) is 0 Å². The maximum absolute atomic E-state index is 6.33. The van der Waals surface area contributed by atoms with Crippen LogP contribution in [0.4, 0.5) is 0 Å². The lowest BCUT2D eigenvalue weighted by Gasteiger charge is -2.26. The van der Waals surface area contributed by atoms with E-state index >= 15 is 0 Å². The largest absolute Gasteiger partial charge is 0.372 e. The number of ether oxygens (including phenoxy) is 1. The quantitative estimate of drug-likeness (QED) is 0.828. The van der Waals surface area contributed by atoms with Crippen LogP contribution in [0.25, 0.3) is 0 Å². The molecule has 2 aliphatic rings. The molecular formula is C19H27N5O. The van der Waals surface area contributed by atoms with Crippen LogP contribution in [0, 0.1) is 0 Å². The fourth-order valence-electron chi connectivity index (χ4n) is 4.09. The first-order chi connectivity index (χ1) is 12.1. The van der Waals surface area contributed by atoms with E-state index < -0.39 is 0 Å². The Kier molecular flexibility index (Phi) is 4.58. The minimum absolute atomic E-state index is 0.0294. The number of pyridine rings is 1. The lowest BCUT2D eigenvalue weighted by molar-refractivity contribution is 0.0101. The average molecular weight is 341 g/mol. The number of likely N-dealkylation sites (tertiary alicyclic amines) is 1. The van der Waals surface area contributed by atoms with Crippen LogP contribution >= 0.6 is 0 Å². The predicted molar refractivity (Wildman–Crippen MR) is 95.9 cm³/mol. The number of hydrogen-bond donors (Lipinski definition) is 0. The molecule has 4 heterocycles. The summed E-state index contributed by atoms with van der Waals surface area (Å²) < 4.78 is 8.43. The van der Waals surface area contributed by atoms with E-state index in [1.165, 1.54) is 5.69 Å². The van der Waals surface area contributed by atoms with Crippen molar-refractivity contribution in [2.75, 3.05) is 26.7 Å². The highest BCUT2D eigenvalue weighted by Crippen LogP contribution is 2.37. The smallest absolute Gasteiger partial charge is 0.0945 e. The van der Waals surface area contributed by atoms with Gasteiger partial charge in [-0.05, 0) is 32.0 Å². The van der Waals surface area contributed by atoms with Gasteiger partial charge in [-0.2, -0.15) is 0 Å². The lowest BCUT2D eigenvalue weighted by atomic mass is 9.96. The monoisotopic (exact) mass is 341 g/mol. The summed E-state index contributed by atoms with van der Waals surface area (Å²) in [6, 6.07) is 6.58. The normalized spacial score (nSPS) is 26.9. The molecule has 2 aromatic heterocycles. The predicted octanol–water partition coefficient (Wildman–Crippen LogP) is 1.68. The van der Waals surface area contributed by atoms with Gasteiger partial charge in [0.25, 0.3) is 0 Å². The maximum atomic E-state index is 6.33. The maximum Gasteiger partial charge on any atom is 0.0945 e. The second-order valence-electron chi connectivity index (χ2n) is 7.54. The molecule has 0 N–H and O–H groups in total. The molecule has 6 heteroatoms. The fourth-order valence-corrected chi connectivity index (χ4v) is 4.09. The summed E-state index contributed by atoms with van der Waals surface area (Å²) in [5, 5.41) is 0. The Bertz CT molecular complexity index is 703. The van der Waals surface area contributed by atoms with Crippen LogP contribution in [0.5, 0.6) is 0 Å². The summed E-state index contributed by atoms with van der Waals surface area (Å²) in [6.07, 6.45) is 7.93. The third-order valence-corrected chi connectivity index (χ3v) is 5.65. The Hall–Kier alpha value is -1.76. The molecule has 0 unspecified atom stereocenters. The molecule has 0 bridgehead atoms. The molecule has 2 saturated heterocycles. The number of rotatable bonds is 5. The Balaban J connectivity index is 1.33. The molecule has 0 saturated carbocycles. The number of hydrogen-bond acceptors (Lipinski definition) is 5. The van der Waals surface area contributed by atoms with E-state index in [-0.39, 0.29) is 5.60 Å². The second kappa shape index (κ2) is 6.86. The Morgan fingerprint density at radius 3 is 3.08 bits per heavy atom. The van der Waals surface area contributed by atoms with E-state index in [0.29, 0.717) is 6.04 Å². The third-order valence-electron chi connectivity index (χ3n) is 5.65. The molecule has 6 nitrogen and oxygen atoms in total. The summed E-state index contributed by atoms with van der Waals surface area (Å²) in [5.74, 6) is 0. The molecule has 134 valence electrons. The molecule has 2 aromatic rings. The second-order valence-corrected chi connectivity index (χ2v) is 7.54. The van der Waals surface area contributed by atoms with Crippen LogP contribution in [-0.4, -0.2) is 62.7 Å². The van der Waals surface area contributed by atoms with Crippen molar-refractivity contribution in [1.82, 2.24) is 24.3 Å². The first-order valence-electron chi connectivity index (χ1n) is 9.05. The number of imidazole rings is 1. The molecule has 1 spiro atoms. The molecule has 4 rings (SSSR count). The van der Waals surface area contributed by atoms with Gasteiger partial charge >= 0.3 is 0 Å². The number of nitrogens with zero attached hydrogens (tertiary/aromatic N) is 5. The summed E-state index contributed by atoms with van der Waals surface area (Å²) in [6.45, 7) is 4.77. The van der Waals surface area contributed by atoms with Crippen LogP contribution in [0.2, 0.25) is 0 Å². The Morgan fingerprint density at radius 2 is 2.32 bits per heavy atom. The van der Waals surface area contributed by atoms with Crippen LogP contribution in [0.3, 0.4) is 0 Å². The highest BCUT2D eigenvalue weighted by molar-refractivity contribution is 5.06. The first kappa shape index (κ1) is 16.7. The summed E-state index contributed by atoms with van der Waals surface area (Å²) in [7, 11) is 4.24. The standard InChI is InChI=1S/C19H27N5O/c1-22(11-16-5-3-4-7-21-16)17-9-19(25-13-17)6-8-24(14-19)12-18-10-20-15-23(18)2/h3-5,7,10,15,17H,6,8-9,11-14H2,1-2H3/t17-,19+/m1/s1. The van der Waals surface area contributed by atoms with E-state index in [9.17, 15) is 0 Å². The molecule has 2 aliphatic heterocycles. The van der Waals surface area contributed by atoms with Crippen LogP contribution < -0.4 is 0 Å². The number of aryl methyl sites for hydroxylation is 1. The minimum Gasteiger partial charge on any atom is -0.372 e. The Labute approximate surface area is 149 Å². The summed E-state index contributed by atoms with van der Waals surface area (Å²) in [5.41, 5.74) is 2.41. The van der Waals surface area contributed by atoms with Gasteiger partial charge in [0, 0.05) is 51.7 Å². The highest BCUT2D eigenvalue weighted by atomic mass is 16.5. The van der Waals surface area contributed by atoms with Crippen LogP contribution in [0.1, 0.15) is 24.2 Å². The van der Waals surface area contributed by atoms with Crippen molar-refractivity contribution in [2.24, 2.45) is 7.05 Å². The lowest BCUT2D eigenvalue weighted by Crippen LogP contribution is -2.36. The molecule has 2 atom stereocenters. The summed E-state index contributed by atoms with van der Waals surface area (Å²) in [4.78, 5) is 13.6. The highest BCUT2D eigenvalue weighted by Gasteiger charge is 2.46. The van der Waals surface area contributed by atoms with Gasteiger partial charge in [-0.1, -0.05) is 6.07 Å². The zero-order valence-electron chi connectivity index (χ0n) is 15.1. The van der Waals surface area contributed by atoms with Crippen LogP contribution in [-0.2, 0) is 24.9 Å². The van der Waals surface area contributed by atoms with E-state index in [0.717, 1.165) is 51.3 Å². The van der Waals surface area contributed by atoms with Gasteiger partial charge in [-0.25, -0.2) is 4.98 Å². The molecular weight excluding hydrogens is 314 g/mol. The molecule has 25 heavy (non-hydrogen) atoms. The topological polar surface area (TPSA) is 46.4 Å². The van der Waals surface area contributed by atoms with E-state index in [2.05, 4.69) is 50.6 Å².